The Balaban J connectivity index is 4.53. The van der Waals surface area contributed by atoms with Crippen molar-refractivity contribution in [1.82, 2.24) is 0 Å². The van der Waals surface area contributed by atoms with E-state index in [1.807, 2.05) is 0 Å². The first kappa shape index (κ1) is 14.0. The van der Waals surface area contributed by atoms with Crippen molar-refractivity contribution in [2.45, 2.75) is 13.8 Å². The van der Waals surface area contributed by atoms with Gasteiger partial charge in [-0.3, -0.25) is 0 Å². The van der Waals surface area contributed by atoms with Crippen LogP contribution in [0.15, 0.2) is 23.7 Å². The number of carbonyl (C=O) groups excluding carboxylic acids is 2. The number of hydrogen-bond acceptors (Lipinski definition) is 6. The number of rotatable bonds is 5. The quantitative estimate of drug-likeness (QED) is 0.317. The second kappa shape index (κ2) is 7.33. The molecule has 90 valence electrons. The van der Waals surface area contributed by atoms with Crippen LogP contribution in [0.25, 0.3) is 0 Å². The van der Waals surface area contributed by atoms with Gasteiger partial charge < -0.3 is 19.7 Å². The van der Waals surface area contributed by atoms with Gasteiger partial charge in [-0.1, -0.05) is 0 Å². The molecule has 0 atom stereocenters. The monoisotopic (exact) mass is 230 g/mol. The standard InChI is InChI=1S/C10H14O6/c1-3-15-9(13)5-7(11)8(12)6-10(14)16-4-2/h5-6,11-12H,3-4H2,1-2H3/b7-5-,8-6-. The van der Waals surface area contributed by atoms with Crippen LogP contribution in [0.4, 0.5) is 0 Å². The van der Waals surface area contributed by atoms with E-state index in [2.05, 4.69) is 9.47 Å². The molecule has 0 aromatic rings. The van der Waals surface area contributed by atoms with E-state index < -0.39 is 23.5 Å². The van der Waals surface area contributed by atoms with E-state index >= 15 is 0 Å². The maximum atomic E-state index is 10.9. The first-order chi connectivity index (χ1) is 7.51. The van der Waals surface area contributed by atoms with Crippen LogP contribution in [0, 0.1) is 0 Å². The van der Waals surface area contributed by atoms with Gasteiger partial charge in [0.15, 0.2) is 11.5 Å². The average molecular weight is 230 g/mol. The molecule has 0 bridgehead atoms. The average Bonchev–Trinajstić information content (AvgIpc) is 2.17. The number of esters is 2. The second-order valence-electron chi connectivity index (χ2n) is 2.56. The smallest absolute Gasteiger partial charge is 0.334 e. The number of aliphatic hydroxyl groups is 2. The summed E-state index contributed by atoms with van der Waals surface area (Å²) in [5.41, 5.74) is 0. The van der Waals surface area contributed by atoms with E-state index in [1.165, 1.54) is 0 Å². The largest absolute Gasteiger partial charge is 0.504 e. The molecule has 0 aromatic carbocycles. The molecule has 2 N–H and O–H groups in total. The molecule has 0 unspecified atom stereocenters. The topological polar surface area (TPSA) is 93.1 Å². The highest BCUT2D eigenvalue weighted by Gasteiger charge is 2.07. The van der Waals surface area contributed by atoms with E-state index in [0.29, 0.717) is 12.2 Å². The molecule has 6 heteroatoms. The summed E-state index contributed by atoms with van der Waals surface area (Å²) in [6.07, 6.45) is 1.32. The minimum atomic E-state index is -0.816. The van der Waals surface area contributed by atoms with E-state index in [0.717, 1.165) is 0 Å². The van der Waals surface area contributed by atoms with Crippen molar-refractivity contribution in [3.05, 3.63) is 23.7 Å². The lowest BCUT2D eigenvalue weighted by Gasteiger charge is -2.00. The third kappa shape index (κ3) is 5.69. The van der Waals surface area contributed by atoms with Gasteiger partial charge in [-0.05, 0) is 13.8 Å². The Morgan fingerprint density at radius 3 is 1.50 bits per heavy atom. The fourth-order valence-corrected chi connectivity index (χ4v) is 0.739. The molecule has 0 amide bonds. The number of ether oxygens (including phenoxy) is 2. The summed E-state index contributed by atoms with van der Waals surface area (Å²) in [5, 5.41) is 18.3. The number of hydrogen-bond donors (Lipinski definition) is 2. The SMILES string of the molecule is CCOC(=O)/C=C(O)/C(O)=C/C(=O)OCC. The molecule has 0 heterocycles. The third-order valence-electron chi connectivity index (χ3n) is 1.34. The maximum Gasteiger partial charge on any atom is 0.334 e. The van der Waals surface area contributed by atoms with Crippen LogP contribution in [-0.2, 0) is 19.1 Å². The van der Waals surface area contributed by atoms with Gasteiger partial charge >= 0.3 is 11.9 Å². The lowest BCUT2D eigenvalue weighted by atomic mass is 10.3. The highest BCUT2D eigenvalue weighted by molar-refractivity contribution is 5.85. The first-order valence-corrected chi connectivity index (χ1v) is 4.66. The van der Waals surface area contributed by atoms with Crippen molar-refractivity contribution in [1.29, 1.82) is 0 Å². The predicted molar refractivity (Wildman–Crippen MR) is 54.7 cm³/mol. The van der Waals surface area contributed by atoms with E-state index in [4.69, 9.17) is 10.2 Å². The van der Waals surface area contributed by atoms with Gasteiger partial charge in [-0.2, -0.15) is 0 Å². The Labute approximate surface area is 92.8 Å². The predicted octanol–water partition coefficient (Wildman–Crippen LogP) is 0.996. The van der Waals surface area contributed by atoms with Crippen molar-refractivity contribution in [3.63, 3.8) is 0 Å². The molecule has 0 saturated carbocycles. The summed E-state index contributed by atoms with van der Waals surface area (Å²) in [4.78, 5) is 21.7. The van der Waals surface area contributed by atoms with Crippen molar-refractivity contribution in [3.8, 4) is 0 Å². The second-order valence-corrected chi connectivity index (χ2v) is 2.56. The molecule has 0 rings (SSSR count). The molecular weight excluding hydrogens is 216 g/mol. The van der Waals surface area contributed by atoms with Gasteiger partial charge in [0.1, 0.15) is 0 Å². The zero-order valence-electron chi connectivity index (χ0n) is 9.10. The fourth-order valence-electron chi connectivity index (χ4n) is 0.739. The highest BCUT2D eigenvalue weighted by atomic mass is 16.5. The van der Waals surface area contributed by atoms with Crippen LogP contribution in [-0.4, -0.2) is 35.4 Å². The summed E-state index contributed by atoms with van der Waals surface area (Å²) in [5.74, 6) is -3.15. The van der Waals surface area contributed by atoms with Crippen molar-refractivity contribution >= 4 is 11.9 Å². The summed E-state index contributed by atoms with van der Waals surface area (Å²) in [6, 6.07) is 0. The summed E-state index contributed by atoms with van der Waals surface area (Å²) < 4.78 is 8.97. The van der Waals surface area contributed by atoms with Gasteiger partial charge in [0.2, 0.25) is 0 Å². The molecule has 0 aliphatic carbocycles. The molecule has 0 spiro atoms. The van der Waals surface area contributed by atoms with Crippen LogP contribution in [0.5, 0.6) is 0 Å². The molecule has 0 radical (unpaired) electrons. The lowest BCUT2D eigenvalue weighted by molar-refractivity contribution is -0.138. The molecule has 16 heavy (non-hydrogen) atoms. The minimum absolute atomic E-state index is 0.144. The van der Waals surface area contributed by atoms with Crippen molar-refractivity contribution < 1.29 is 29.3 Å². The molecule has 6 nitrogen and oxygen atoms in total. The van der Waals surface area contributed by atoms with Crippen molar-refractivity contribution in [2.24, 2.45) is 0 Å². The fraction of sp³-hybridized carbons (Fsp3) is 0.400. The van der Waals surface area contributed by atoms with Gasteiger partial charge in [0, 0.05) is 0 Å². The lowest BCUT2D eigenvalue weighted by Crippen LogP contribution is -2.05. The van der Waals surface area contributed by atoms with Crippen LogP contribution >= 0.6 is 0 Å². The Kier molecular flexibility index (Phi) is 6.42. The van der Waals surface area contributed by atoms with Gasteiger partial charge in [-0.25, -0.2) is 9.59 Å². The van der Waals surface area contributed by atoms with E-state index in [-0.39, 0.29) is 13.2 Å². The minimum Gasteiger partial charge on any atom is -0.504 e. The Morgan fingerprint density at radius 1 is 0.938 bits per heavy atom. The molecule has 0 saturated heterocycles. The Hall–Kier alpha value is -1.98. The molecule has 0 aromatic heterocycles. The Morgan fingerprint density at radius 2 is 1.25 bits per heavy atom. The maximum absolute atomic E-state index is 10.9. The van der Waals surface area contributed by atoms with Crippen LogP contribution in [0.1, 0.15) is 13.8 Å². The molecule has 0 aliphatic rings. The first-order valence-electron chi connectivity index (χ1n) is 4.66. The third-order valence-corrected chi connectivity index (χ3v) is 1.34. The zero-order valence-corrected chi connectivity index (χ0v) is 9.10. The summed E-state index contributed by atoms with van der Waals surface area (Å²) in [6.45, 7) is 3.48. The Bertz CT molecular complexity index is 283. The van der Waals surface area contributed by atoms with E-state index in [1.54, 1.807) is 13.8 Å². The van der Waals surface area contributed by atoms with Gasteiger partial charge in [-0.15, -0.1) is 0 Å². The van der Waals surface area contributed by atoms with E-state index in [9.17, 15) is 9.59 Å². The summed E-state index contributed by atoms with van der Waals surface area (Å²) in [7, 11) is 0. The van der Waals surface area contributed by atoms with Gasteiger partial charge in [0.05, 0.1) is 25.4 Å². The zero-order chi connectivity index (χ0) is 12.6. The van der Waals surface area contributed by atoms with Crippen LogP contribution in [0.2, 0.25) is 0 Å². The van der Waals surface area contributed by atoms with Crippen LogP contribution < -0.4 is 0 Å². The molecular formula is C10H14O6. The van der Waals surface area contributed by atoms with Crippen molar-refractivity contribution in [2.75, 3.05) is 13.2 Å². The summed E-state index contributed by atoms with van der Waals surface area (Å²) >= 11 is 0. The number of aliphatic hydroxyl groups excluding tert-OH is 2. The van der Waals surface area contributed by atoms with Gasteiger partial charge in [0.25, 0.3) is 0 Å². The number of carbonyl (C=O) groups is 2. The van der Waals surface area contributed by atoms with Crippen LogP contribution in [0.3, 0.4) is 0 Å². The molecule has 0 fully saturated rings. The highest BCUT2D eigenvalue weighted by Crippen LogP contribution is 2.03. The normalized spacial score (nSPS) is 12.1. The molecule has 0 aliphatic heterocycles.